The normalized spacial score (nSPS) is 13.0. The highest BCUT2D eigenvalue weighted by atomic mass is 32.2. The quantitative estimate of drug-likeness (QED) is 0.613. The van der Waals surface area contributed by atoms with Crippen LogP contribution in [0.15, 0.2) is 71.6 Å². The molecule has 0 fully saturated rings. The van der Waals surface area contributed by atoms with E-state index in [0.29, 0.717) is 29.2 Å². The van der Waals surface area contributed by atoms with Crippen LogP contribution in [0.1, 0.15) is 11.1 Å². The first-order chi connectivity index (χ1) is 14.9. The fraction of sp³-hybridized carbons (Fsp3) is 0.136. The molecule has 9 heteroatoms. The summed E-state index contributed by atoms with van der Waals surface area (Å²) in [5.41, 5.74) is 5.22. The molecule has 0 saturated heterocycles. The Morgan fingerprint density at radius 1 is 1.13 bits per heavy atom. The molecule has 4 rings (SSSR count). The van der Waals surface area contributed by atoms with Gasteiger partial charge >= 0.3 is 0 Å². The van der Waals surface area contributed by atoms with Gasteiger partial charge in [0.05, 0.1) is 24.1 Å². The number of nitrogens with one attached hydrogen (secondary N) is 2. The summed E-state index contributed by atoms with van der Waals surface area (Å²) in [6.45, 7) is 0.336. The molecule has 0 spiro atoms. The Bertz CT molecular complexity index is 1230. The standard InChI is InChI=1S/C22H20FN3O4S/c1-30-19-3-2-4-20(13-19)31(28,29)26-21-12-18(10-7-16(21)14-24-26)25-22(27)11-15-5-8-17(23)9-6-15/h2-10,12-13,24H,11,14H2,1H3,(H,25,27). The first-order valence-corrected chi connectivity index (χ1v) is 10.9. The number of carbonyl (C=O) groups excluding carboxylic acids is 1. The van der Waals surface area contributed by atoms with Crippen molar-refractivity contribution in [2.24, 2.45) is 0 Å². The Hall–Kier alpha value is -3.43. The van der Waals surface area contributed by atoms with E-state index in [2.05, 4.69) is 10.7 Å². The Kier molecular flexibility index (Phi) is 5.62. The Balaban J connectivity index is 1.55. The molecule has 0 aromatic heterocycles. The molecule has 7 nitrogen and oxygen atoms in total. The van der Waals surface area contributed by atoms with E-state index in [9.17, 15) is 17.6 Å². The number of methoxy groups -OCH3 is 1. The summed E-state index contributed by atoms with van der Waals surface area (Å²) in [5.74, 6) is -0.227. The second-order valence-corrected chi connectivity index (χ2v) is 8.76. The first-order valence-electron chi connectivity index (χ1n) is 9.47. The van der Waals surface area contributed by atoms with Crippen molar-refractivity contribution in [2.75, 3.05) is 16.8 Å². The molecule has 3 aromatic carbocycles. The fourth-order valence-electron chi connectivity index (χ4n) is 3.30. The number of anilines is 2. The van der Waals surface area contributed by atoms with Gasteiger partial charge in [0.1, 0.15) is 11.6 Å². The van der Waals surface area contributed by atoms with Gasteiger partial charge in [0.25, 0.3) is 10.0 Å². The van der Waals surface area contributed by atoms with Crippen molar-refractivity contribution < 1.29 is 22.3 Å². The maximum atomic E-state index is 13.2. The number of fused-ring (bicyclic) bond motifs is 1. The van der Waals surface area contributed by atoms with Gasteiger partial charge in [-0.1, -0.05) is 24.3 Å². The molecule has 2 N–H and O–H groups in total. The lowest BCUT2D eigenvalue weighted by Gasteiger charge is -2.20. The van der Waals surface area contributed by atoms with E-state index in [1.807, 2.05) is 0 Å². The molecule has 0 aliphatic carbocycles. The number of ether oxygens (including phenoxy) is 1. The zero-order chi connectivity index (χ0) is 22.0. The SMILES string of the molecule is COc1cccc(S(=O)(=O)N2NCc3ccc(NC(=O)Cc4ccc(F)cc4)cc32)c1. The van der Waals surface area contributed by atoms with Crippen molar-refractivity contribution in [1.82, 2.24) is 5.43 Å². The highest BCUT2D eigenvalue weighted by Gasteiger charge is 2.31. The molecule has 160 valence electrons. The minimum atomic E-state index is -3.89. The number of sulfonamides is 1. The van der Waals surface area contributed by atoms with Crippen molar-refractivity contribution in [3.8, 4) is 5.75 Å². The monoisotopic (exact) mass is 441 g/mol. The van der Waals surface area contributed by atoms with E-state index in [-0.39, 0.29) is 23.0 Å². The van der Waals surface area contributed by atoms with E-state index in [1.165, 1.54) is 31.4 Å². The number of hydrogen-bond donors (Lipinski definition) is 2. The zero-order valence-corrected chi connectivity index (χ0v) is 17.4. The van der Waals surface area contributed by atoms with Gasteiger partial charge in [-0.3, -0.25) is 4.79 Å². The molecule has 1 aliphatic rings. The van der Waals surface area contributed by atoms with Crippen molar-refractivity contribution in [3.63, 3.8) is 0 Å². The smallest absolute Gasteiger partial charge is 0.277 e. The summed E-state index contributed by atoms with van der Waals surface area (Å²) in [6.07, 6.45) is 0.0709. The van der Waals surface area contributed by atoms with Crippen LogP contribution >= 0.6 is 0 Å². The Morgan fingerprint density at radius 3 is 2.65 bits per heavy atom. The molecule has 31 heavy (non-hydrogen) atoms. The van der Waals surface area contributed by atoms with Gasteiger partial charge in [-0.05, 0) is 47.5 Å². The van der Waals surface area contributed by atoms with Gasteiger partial charge in [-0.25, -0.2) is 9.82 Å². The van der Waals surface area contributed by atoms with E-state index >= 15 is 0 Å². The third-order valence-electron chi connectivity index (χ3n) is 4.86. The topological polar surface area (TPSA) is 87.7 Å². The second-order valence-electron chi connectivity index (χ2n) is 6.98. The fourth-order valence-corrected chi connectivity index (χ4v) is 4.69. The molecule has 3 aromatic rings. The highest BCUT2D eigenvalue weighted by Crippen LogP contribution is 2.33. The van der Waals surface area contributed by atoms with Gasteiger partial charge < -0.3 is 10.1 Å². The van der Waals surface area contributed by atoms with Crippen LogP contribution in [0.25, 0.3) is 0 Å². The number of carbonyl (C=O) groups is 1. The summed E-state index contributed by atoms with van der Waals surface area (Å²) in [4.78, 5) is 12.5. The predicted molar refractivity (Wildman–Crippen MR) is 115 cm³/mol. The molecule has 1 aliphatic heterocycles. The molecular formula is C22H20FN3O4S. The van der Waals surface area contributed by atoms with Crippen LogP contribution in [-0.2, 0) is 27.8 Å². The van der Waals surface area contributed by atoms with Crippen molar-refractivity contribution >= 4 is 27.3 Å². The van der Waals surface area contributed by atoms with Crippen molar-refractivity contribution in [3.05, 3.63) is 83.7 Å². The van der Waals surface area contributed by atoms with Gasteiger partial charge in [-0.15, -0.1) is 0 Å². The molecule has 1 amide bonds. The van der Waals surface area contributed by atoms with E-state index in [1.54, 1.807) is 42.5 Å². The lowest BCUT2D eigenvalue weighted by molar-refractivity contribution is -0.115. The molecule has 0 atom stereocenters. The highest BCUT2D eigenvalue weighted by molar-refractivity contribution is 7.92. The molecule has 0 bridgehead atoms. The van der Waals surface area contributed by atoms with E-state index < -0.39 is 10.0 Å². The lowest BCUT2D eigenvalue weighted by Crippen LogP contribution is -2.38. The van der Waals surface area contributed by atoms with Crippen LogP contribution in [0.5, 0.6) is 5.75 Å². The lowest BCUT2D eigenvalue weighted by atomic mass is 10.1. The summed E-state index contributed by atoms with van der Waals surface area (Å²) in [5, 5.41) is 2.76. The molecule has 1 heterocycles. The first kappa shape index (κ1) is 20.8. The summed E-state index contributed by atoms with van der Waals surface area (Å²) >= 11 is 0. The number of benzene rings is 3. The van der Waals surface area contributed by atoms with Crippen molar-refractivity contribution in [2.45, 2.75) is 17.9 Å². The maximum absolute atomic E-state index is 13.2. The third-order valence-corrected chi connectivity index (χ3v) is 6.51. The van der Waals surface area contributed by atoms with Gasteiger partial charge in [-0.2, -0.15) is 12.8 Å². The summed E-state index contributed by atoms with van der Waals surface area (Å²) in [7, 11) is -2.42. The van der Waals surface area contributed by atoms with Crippen LogP contribution in [0, 0.1) is 5.82 Å². The summed E-state index contributed by atoms with van der Waals surface area (Å²) < 4.78 is 45.6. The van der Waals surface area contributed by atoms with Crippen LogP contribution < -0.4 is 19.9 Å². The van der Waals surface area contributed by atoms with E-state index in [0.717, 1.165) is 9.98 Å². The van der Waals surface area contributed by atoms with Crippen LogP contribution in [0.3, 0.4) is 0 Å². The molecule has 0 radical (unpaired) electrons. The van der Waals surface area contributed by atoms with Crippen molar-refractivity contribution in [1.29, 1.82) is 0 Å². The maximum Gasteiger partial charge on any atom is 0.277 e. The van der Waals surface area contributed by atoms with E-state index in [4.69, 9.17) is 4.74 Å². The van der Waals surface area contributed by atoms with Crippen LogP contribution in [-0.4, -0.2) is 21.4 Å². The predicted octanol–water partition coefficient (Wildman–Crippen LogP) is 3.23. The van der Waals surface area contributed by atoms with Gasteiger partial charge in [0, 0.05) is 18.3 Å². The minimum absolute atomic E-state index is 0.0709. The number of hydrogen-bond acceptors (Lipinski definition) is 5. The largest absolute Gasteiger partial charge is 0.497 e. The second kappa shape index (κ2) is 8.37. The molecule has 0 unspecified atom stereocenters. The number of rotatable bonds is 6. The van der Waals surface area contributed by atoms with Gasteiger partial charge in [0.2, 0.25) is 5.91 Å². The average Bonchev–Trinajstić information content (AvgIpc) is 3.19. The van der Waals surface area contributed by atoms with Crippen LogP contribution in [0.4, 0.5) is 15.8 Å². The molecular weight excluding hydrogens is 421 g/mol. The third kappa shape index (κ3) is 4.37. The number of nitrogens with zero attached hydrogens (tertiary/aromatic N) is 1. The van der Waals surface area contributed by atoms with Gasteiger partial charge in [0.15, 0.2) is 0 Å². The Labute approximate surface area is 179 Å². The Morgan fingerprint density at radius 2 is 1.90 bits per heavy atom. The average molecular weight is 441 g/mol. The zero-order valence-electron chi connectivity index (χ0n) is 16.6. The molecule has 0 saturated carbocycles. The number of halogens is 1. The minimum Gasteiger partial charge on any atom is -0.497 e. The van der Waals surface area contributed by atoms with Crippen LogP contribution in [0.2, 0.25) is 0 Å². The summed E-state index contributed by atoms with van der Waals surface area (Å²) in [6, 6.07) is 17.0. The number of amides is 1. The number of hydrazine groups is 1.